The molecule has 1 fully saturated rings. The molecule has 0 aromatic rings. The summed E-state index contributed by atoms with van der Waals surface area (Å²) in [6.07, 6.45) is 8.78. The van der Waals surface area contributed by atoms with E-state index in [2.05, 4.69) is 12.2 Å². The van der Waals surface area contributed by atoms with E-state index in [0.29, 0.717) is 0 Å². The number of hydrogen-bond donors (Lipinski definition) is 1. The maximum absolute atomic E-state index is 12.0. The fourth-order valence-corrected chi connectivity index (χ4v) is 2.63. The summed E-state index contributed by atoms with van der Waals surface area (Å²) in [5.74, 6) is 0. The average molecular weight is 255 g/mol. The minimum atomic E-state index is -0.250. The molecular formula is C15H29NO2. The van der Waals surface area contributed by atoms with Gasteiger partial charge in [0.25, 0.3) is 0 Å². The molecule has 106 valence electrons. The predicted molar refractivity (Wildman–Crippen MR) is 74.7 cm³/mol. The Hall–Kier alpha value is -0.730. The van der Waals surface area contributed by atoms with Gasteiger partial charge in [-0.15, -0.1) is 0 Å². The topological polar surface area (TPSA) is 38.3 Å². The lowest BCUT2D eigenvalue weighted by Gasteiger charge is -2.37. The van der Waals surface area contributed by atoms with Crippen LogP contribution in [0.4, 0.5) is 4.79 Å². The summed E-state index contributed by atoms with van der Waals surface area (Å²) >= 11 is 0. The quantitative estimate of drug-likeness (QED) is 0.808. The van der Waals surface area contributed by atoms with Crippen LogP contribution in [0.5, 0.6) is 0 Å². The first-order valence-electron chi connectivity index (χ1n) is 7.38. The monoisotopic (exact) mass is 255 g/mol. The predicted octanol–water partition coefficient (Wildman–Crippen LogP) is 4.40. The number of carbonyl (C=O) groups excluding carboxylic acids is 1. The van der Waals surface area contributed by atoms with Crippen molar-refractivity contribution in [3.05, 3.63) is 0 Å². The summed E-state index contributed by atoms with van der Waals surface area (Å²) in [6.45, 7) is 8.13. The van der Waals surface area contributed by atoms with Crippen molar-refractivity contribution in [2.75, 3.05) is 0 Å². The molecule has 0 aromatic carbocycles. The van der Waals surface area contributed by atoms with Gasteiger partial charge < -0.3 is 10.1 Å². The molecule has 0 heterocycles. The van der Waals surface area contributed by atoms with Crippen molar-refractivity contribution in [1.82, 2.24) is 5.32 Å². The Kier molecular flexibility index (Phi) is 5.48. The van der Waals surface area contributed by atoms with Crippen LogP contribution in [-0.2, 0) is 4.74 Å². The van der Waals surface area contributed by atoms with Gasteiger partial charge in [0.15, 0.2) is 0 Å². The summed E-state index contributed by atoms with van der Waals surface area (Å²) in [5, 5.41) is 2.91. The molecule has 0 aromatic heterocycles. The Morgan fingerprint density at radius 2 is 1.83 bits per heavy atom. The van der Waals surface area contributed by atoms with Crippen LogP contribution in [0.15, 0.2) is 0 Å². The van der Waals surface area contributed by atoms with Crippen LogP contribution >= 0.6 is 0 Å². The molecule has 1 saturated carbocycles. The highest BCUT2D eigenvalue weighted by Crippen LogP contribution is 2.36. The van der Waals surface area contributed by atoms with Gasteiger partial charge in [-0.1, -0.05) is 19.8 Å². The van der Waals surface area contributed by atoms with E-state index in [4.69, 9.17) is 4.74 Å². The number of carbonyl (C=O) groups is 1. The van der Waals surface area contributed by atoms with Gasteiger partial charge in [-0.05, 0) is 59.3 Å². The molecule has 0 unspecified atom stereocenters. The van der Waals surface area contributed by atoms with Crippen LogP contribution in [0.2, 0.25) is 0 Å². The van der Waals surface area contributed by atoms with E-state index in [-0.39, 0.29) is 17.2 Å². The zero-order valence-electron chi connectivity index (χ0n) is 12.5. The Morgan fingerprint density at radius 1 is 1.22 bits per heavy atom. The van der Waals surface area contributed by atoms with Gasteiger partial charge in [0.05, 0.1) is 0 Å². The van der Waals surface area contributed by atoms with Crippen LogP contribution in [-0.4, -0.2) is 17.2 Å². The Balaban J connectivity index is 2.57. The molecule has 1 N–H and O–H groups in total. The smallest absolute Gasteiger partial charge is 0.408 e. The van der Waals surface area contributed by atoms with E-state index >= 15 is 0 Å². The van der Waals surface area contributed by atoms with Crippen molar-refractivity contribution in [1.29, 1.82) is 0 Å². The second kappa shape index (κ2) is 6.44. The molecule has 18 heavy (non-hydrogen) atoms. The molecule has 0 radical (unpaired) electrons. The van der Waals surface area contributed by atoms with Gasteiger partial charge in [0.1, 0.15) is 5.60 Å². The van der Waals surface area contributed by atoms with Crippen molar-refractivity contribution >= 4 is 6.09 Å². The zero-order valence-corrected chi connectivity index (χ0v) is 12.5. The lowest BCUT2D eigenvalue weighted by molar-refractivity contribution is -0.0266. The average Bonchev–Trinajstić information content (AvgIpc) is 2.25. The highest BCUT2D eigenvalue weighted by molar-refractivity contribution is 5.68. The fraction of sp³-hybridized carbons (Fsp3) is 0.933. The number of hydrogen-bond acceptors (Lipinski definition) is 2. The lowest BCUT2D eigenvalue weighted by Crippen LogP contribution is -2.46. The number of unbranched alkanes of at least 4 members (excludes halogenated alkanes) is 1. The normalized spacial score (nSPS) is 19.3. The zero-order chi connectivity index (χ0) is 13.6. The van der Waals surface area contributed by atoms with Crippen molar-refractivity contribution < 1.29 is 9.53 Å². The summed E-state index contributed by atoms with van der Waals surface area (Å²) in [4.78, 5) is 12.0. The van der Waals surface area contributed by atoms with E-state index in [1.54, 1.807) is 0 Å². The number of alkyl carbamates (subject to hydrolysis) is 1. The first-order chi connectivity index (χ1) is 8.37. The van der Waals surface area contributed by atoms with Crippen molar-refractivity contribution in [3.63, 3.8) is 0 Å². The Morgan fingerprint density at radius 3 is 2.33 bits per heavy atom. The summed E-state index contributed by atoms with van der Waals surface area (Å²) in [5.41, 5.74) is -0.415. The Bertz CT molecular complexity index is 262. The Labute approximate surface area is 112 Å². The first-order valence-corrected chi connectivity index (χ1v) is 7.38. The second-order valence-corrected chi connectivity index (χ2v) is 6.61. The van der Waals surface area contributed by atoms with Gasteiger partial charge in [-0.2, -0.15) is 0 Å². The molecule has 0 atom stereocenters. The second-order valence-electron chi connectivity index (χ2n) is 6.61. The van der Waals surface area contributed by atoms with Crippen LogP contribution in [0, 0.1) is 0 Å². The van der Waals surface area contributed by atoms with E-state index in [1.165, 1.54) is 19.3 Å². The van der Waals surface area contributed by atoms with Gasteiger partial charge >= 0.3 is 6.09 Å². The first kappa shape index (κ1) is 15.3. The molecular weight excluding hydrogens is 226 g/mol. The van der Waals surface area contributed by atoms with Gasteiger partial charge in [0.2, 0.25) is 0 Å². The largest absolute Gasteiger partial charge is 0.443 e. The number of rotatable bonds is 4. The molecule has 3 nitrogen and oxygen atoms in total. The van der Waals surface area contributed by atoms with Crippen LogP contribution in [0.3, 0.4) is 0 Å². The van der Waals surface area contributed by atoms with Gasteiger partial charge in [-0.25, -0.2) is 4.79 Å². The molecule has 1 aliphatic carbocycles. The number of amides is 1. The summed E-state index contributed by atoms with van der Waals surface area (Å²) in [6, 6.07) is 0. The molecule has 3 heteroatoms. The third kappa shape index (κ3) is 5.28. The molecule has 0 saturated heterocycles. The van der Waals surface area contributed by atoms with Crippen molar-refractivity contribution in [3.8, 4) is 0 Å². The van der Waals surface area contributed by atoms with Crippen LogP contribution < -0.4 is 5.32 Å². The van der Waals surface area contributed by atoms with Gasteiger partial charge in [0, 0.05) is 5.54 Å². The maximum Gasteiger partial charge on any atom is 0.408 e. The highest BCUT2D eigenvalue weighted by Gasteiger charge is 2.35. The SMILES string of the molecule is CCCCC1(OC(=O)NC(C)(C)C)CCCCC1. The third-order valence-electron chi connectivity index (χ3n) is 3.54. The summed E-state index contributed by atoms with van der Waals surface area (Å²) < 4.78 is 5.81. The minimum Gasteiger partial charge on any atom is -0.443 e. The van der Waals surface area contributed by atoms with E-state index in [9.17, 15) is 4.79 Å². The van der Waals surface area contributed by atoms with E-state index < -0.39 is 0 Å². The van der Waals surface area contributed by atoms with Crippen LogP contribution in [0.1, 0.15) is 79.1 Å². The number of ether oxygens (including phenoxy) is 1. The molecule has 0 bridgehead atoms. The molecule has 1 aliphatic rings. The highest BCUT2D eigenvalue weighted by atomic mass is 16.6. The van der Waals surface area contributed by atoms with Crippen molar-refractivity contribution in [2.45, 2.75) is 90.2 Å². The van der Waals surface area contributed by atoms with E-state index in [1.807, 2.05) is 20.8 Å². The molecule has 0 aliphatic heterocycles. The summed E-state index contributed by atoms with van der Waals surface area (Å²) in [7, 11) is 0. The van der Waals surface area contributed by atoms with E-state index in [0.717, 1.165) is 32.1 Å². The molecule has 1 amide bonds. The minimum absolute atomic E-state index is 0.191. The van der Waals surface area contributed by atoms with Gasteiger partial charge in [-0.3, -0.25) is 0 Å². The van der Waals surface area contributed by atoms with Crippen molar-refractivity contribution in [2.24, 2.45) is 0 Å². The third-order valence-corrected chi connectivity index (χ3v) is 3.54. The lowest BCUT2D eigenvalue weighted by atomic mass is 9.81. The molecule has 1 rings (SSSR count). The standard InChI is InChI=1S/C15H29NO2/c1-5-6-10-15(11-8-7-9-12-15)18-13(17)16-14(2,3)4/h5-12H2,1-4H3,(H,16,17). The molecule has 0 spiro atoms. The van der Waals surface area contributed by atoms with Crippen LogP contribution in [0.25, 0.3) is 0 Å². The fourth-order valence-electron chi connectivity index (χ4n) is 2.63. The number of nitrogens with one attached hydrogen (secondary N) is 1. The maximum atomic E-state index is 12.0.